The van der Waals surface area contributed by atoms with E-state index < -0.39 is 15.8 Å². The molecule has 0 amide bonds. The molecule has 0 saturated heterocycles. The van der Waals surface area contributed by atoms with E-state index in [1.165, 1.54) is 17.8 Å². The highest BCUT2D eigenvalue weighted by molar-refractivity contribution is 7.98. The second kappa shape index (κ2) is 14.6. The van der Waals surface area contributed by atoms with Gasteiger partial charge < -0.3 is 9.47 Å². The van der Waals surface area contributed by atoms with E-state index >= 15 is 0 Å². The highest BCUT2D eigenvalue weighted by atomic mass is 32.2. The quantitative estimate of drug-likeness (QED) is 0.263. The average molecular weight is 513 g/mol. The molecule has 0 aliphatic rings. The van der Waals surface area contributed by atoms with Crippen molar-refractivity contribution in [3.05, 3.63) is 34.9 Å². The smallest absolute Gasteiger partial charge is 0.357 e. The van der Waals surface area contributed by atoms with Gasteiger partial charge in [-0.2, -0.15) is 0 Å². The van der Waals surface area contributed by atoms with Crippen molar-refractivity contribution in [3.63, 3.8) is 0 Å². The van der Waals surface area contributed by atoms with Crippen molar-refractivity contribution in [2.75, 3.05) is 25.7 Å². The Hall–Kier alpha value is -2.60. The highest BCUT2D eigenvalue weighted by Crippen LogP contribution is 2.13. The first-order valence-electron chi connectivity index (χ1n) is 10.9. The van der Waals surface area contributed by atoms with Crippen LogP contribution in [0.15, 0.2) is 22.4 Å². The van der Waals surface area contributed by atoms with E-state index in [1.807, 2.05) is 13.2 Å². The zero-order valence-electron chi connectivity index (χ0n) is 20.5. The number of hydrogen-bond acceptors (Lipinski definition) is 11. The van der Waals surface area contributed by atoms with Crippen LogP contribution in [0.1, 0.15) is 72.9 Å². The molecule has 0 bridgehead atoms. The molecule has 2 heterocycles. The van der Waals surface area contributed by atoms with Crippen molar-refractivity contribution < 1.29 is 27.5 Å². The Morgan fingerprint density at radius 1 is 0.824 bits per heavy atom. The number of sulfone groups is 1. The molecule has 0 N–H and O–H groups in total. The van der Waals surface area contributed by atoms with Gasteiger partial charge in [0.15, 0.2) is 16.5 Å². The number of esters is 2. The second-order valence-electron chi connectivity index (χ2n) is 6.97. The van der Waals surface area contributed by atoms with Crippen LogP contribution in [0.4, 0.5) is 0 Å². The molecule has 10 nitrogen and oxygen atoms in total. The van der Waals surface area contributed by atoms with Gasteiger partial charge in [-0.15, -0.1) is 0 Å². The van der Waals surface area contributed by atoms with Crippen LogP contribution < -0.4 is 0 Å². The maximum absolute atomic E-state index is 11.6. The molecule has 12 heteroatoms. The Kier molecular flexibility index (Phi) is 12.7. The van der Waals surface area contributed by atoms with Crippen molar-refractivity contribution in [3.8, 4) is 0 Å². The molecule has 0 aromatic carbocycles. The monoisotopic (exact) mass is 512 g/mol. The van der Waals surface area contributed by atoms with Gasteiger partial charge >= 0.3 is 11.9 Å². The number of carbonyl (C=O) groups excluding carboxylic acids is 2. The van der Waals surface area contributed by atoms with Crippen LogP contribution >= 0.6 is 11.8 Å². The molecule has 188 valence electrons. The summed E-state index contributed by atoms with van der Waals surface area (Å²) in [5, 5.41) is 0.283. The van der Waals surface area contributed by atoms with Crippen molar-refractivity contribution >= 4 is 33.5 Å². The number of thioether (sulfide) groups is 1. The Balaban J connectivity index is 0.000000342. The van der Waals surface area contributed by atoms with E-state index in [1.54, 1.807) is 19.9 Å². The molecule has 2 aromatic rings. The van der Waals surface area contributed by atoms with Crippen LogP contribution in [-0.4, -0.2) is 66.0 Å². The first kappa shape index (κ1) is 29.4. The summed E-state index contributed by atoms with van der Waals surface area (Å²) in [5.74, 6) is -1.01. The first-order chi connectivity index (χ1) is 16.1. The number of aryl methyl sites for hydroxylation is 2. The first-order valence-corrected chi connectivity index (χ1v) is 14.0. The summed E-state index contributed by atoms with van der Waals surface area (Å²) < 4.78 is 32.6. The van der Waals surface area contributed by atoms with Gasteiger partial charge in [0.05, 0.1) is 13.2 Å². The van der Waals surface area contributed by atoms with E-state index in [0.29, 0.717) is 29.6 Å². The minimum atomic E-state index is -3.54. The summed E-state index contributed by atoms with van der Waals surface area (Å²) in [5.41, 5.74) is 1.75. The fourth-order valence-electron chi connectivity index (χ4n) is 2.59. The lowest BCUT2D eigenvalue weighted by atomic mass is 10.2. The summed E-state index contributed by atoms with van der Waals surface area (Å²) in [4.78, 5) is 39.2. The van der Waals surface area contributed by atoms with Gasteiger partial charge in [-0.3, -0.25) is 0 Å². The molecule has 2 rings (SSSR count). The van der Waals surface area contributed by atoms with Crippen molar-refractivity contribution in [2.24, 2.45) is 0 Å². The number of carbonyl (C=O) groups is 2. The van der Waals surface area contributed by atoms with Crippen molar-refractivity contribution in [1.29, 1.82) is 0 Å². The van der Waals surface area contributed by atoms with Crippen LogP contribution in [0.2, 0.25) is 0 Å². The minimum Gasteiger partial charge on any atom is -0.461 e. The number of rotatable bonds is 10. The summed E-state index contributed by atoms with van der Waals surface area (Å²) in [6, 6.07) is 3.18. The van der Waals surface area contributed by atoms with Crippen molar-refractivity contribution in [1.82, 2.24) is 19.9 Å². The molecular formula is C22H32N4O6S2. The Morgan fingerprint density at radius 3 is 1.71 bits per heavy atom. The fraction of sp³-hybridized carbons (Fsp3) is 0.545. The predicted octanol–water partition coefficient (Wildman–Crippen LogP) is 3.34. The predicted molar refractivity (Wildman–Crippen MR) is 129 cm³/mol. The third-order valence-corrected chi connectivity index (χ3v) is 5.41. The molecule has 0 spiro atoms. The van der Waals surface area contributed by atoms with Crippen LogP contribution in [-0.2, 0) is 32.2 Å². The topological polar surface area (TPSA) is 138 Å². The highest BCUT2D eigenvalue weighted by Gasteiger charge is 2.18. The van der Waals surface area contributed by atoms with Gasteiger partial charge in [-0.05, 0) is 45.1 Å². The Morgan fingerprint density at radius 2 is 1.29 bits per heavy atom. The number of ether oxygens (including phenoxy) is 2. The van der Waals surface area contributed by atoms with Gasteiger partial charge in [-0.1, -0.05) is 38.5 Å². The SMILES string of the molecule is CCCc1cc(C(=O)OCC)nc(S(C)(=O)=O)n1.CCCc1cc(C(=O)OCC)nc(SC)n1. The number of nitrogens with zero attached hydrogens (tertiary/aromatic N) is 4. The second-order valence-corrected chi connectivity index (χ2v) is 9.65. The van der Waals surface area contributed by atoms with E-state index in [9.17, 15) is 18.0 Å². The zero-order chi connectivity index (χ0) is 25.7. The molecule has 0 fully saturated rings. The average Bonchev–Trinajstić information content (AvgIpc) is 2.79. The summed E-state index contributed by atoms with van der Waals surface area (Å²) in [7, 11) is -3.54. The largest absolute Gasteiger partial charge is 0.461 e. The van der Waals surface area contributed by atoms with Gasteiger partial charge in [0.25, 0.3) is 0 Å². The minimum absolute atomic E-state index is 0.0178. The third kappa shape index (κ3) is 9.72. The molecule has 0 radical (unpaired) electrons. The molecule has 0 unspecified atom stereocenters. The third-order valence-electron chi connectivity index (χ3n) is 4.01. The standard InChI is InChI=1S/C11H16N2O4S.C11H16N2O2S/c1-4-6-8-7-9(10(14)17-5-2)13-11(12-8)18(3,15)16;1-4-6-8-7-9(10(14)15-5-2)13-11(12-8)16-3/h7H,4-6H2,1-3H3;7H,4-6H2,1-3H3. The molecule has 34 heavy (non-hydrogen) atoms. The van der Waals surface area contributed by atoms with Crippen molar-refractivity contribution in [2.45, 2.75) is 63.7 Å². The van der Waals surface area contributed by atoms with E-state index in [2.05, 4.69) is 26.9 Å². The lowest BCUT2D eigenvalue weighted by molar-refractivity contribution is 0.0508. The normalized spacial score (nSPS) is 10.8. The number of hydrogen-bond donors (Lipinski definition) is 0. The van der Waals surface area contributed by atoms with Gasteiger partial charge in [0.2, 0.25) is 15.0 Å². The summed E-state index contributed by atoms with van der Waals surface area (Å²) in [6.07, 6.45) is 6.11. The van der Waals surface area contributed by atoms with E-state index in [4.69, 9.17) is 9.47 Å². The van der Waals surface area contributed by atoms with Gasteiger partial charge in [0.1, 0.15) is 0 Å². The summed E-state index contributed by atoms with van der Waals surface area (Å²) in [6.45, 7) is 8.03. The van der Waals surface area contributed by atoms with Gasteiger partial charge in [-0.25, -0.2) is 37.9 Å². The zero-order valence-corrected chi connectivity index (χ0v) is 22.1. The molecule has 0 aliphatic heterocycles. The lowest BCUT2D eigenvalue weighted by Gasteiger charge is -2.06. The van der Waals surface area contributed by atoms with E-state index in [0.717, 1.165) is 31.2 Å². The molecule has 0 saturated carbocycles. The molecular weight excluding hydrogens is 480 g/mol. The molecule has 2 aromatic heterocycles. The Bertz CT molecular complexity index is 1080. The van der Waals surface area contributed by atoms with Crippen LogP contribution in [0.25, 0.3) is 0 Å². The van der Waals surface area contributed by atoms with Crippen LogP contribution in [0.3, 0.4) is 0 Å². The molecule has 0 aliphatic carbocycles. The summed E-state index contributed by atoms with van der Waals surface area (Å²) >= 11 is 1.43. The van der Waals surface area contributed by atoms with Gasteiger partial charge in [0, 0.05) is 17.6 Å². The van der Waals surface area contributed by atoms with Crippen LogP contribution in [0, 0.1) is 0 Å². The maximum Gasteiger partial charge on any atom is 0.357 e. The fourth-order valence-corrected chi connectivity index (χ4v) is 3.54. The number of aromatic nitrogens is 4. The van der Waals surface area contributed by atoms with Crippen LogP contribution in [0.5, 0.6) is 0 Å². The van der Waals surface area contributed by atoms with E-state index in [-0.39, 0.29) is 23.4 Å². The molecule has 0 atom stereocenters. The Labute approximate surface area is 205 Å². The maximum atomic E-state index is 11.6. The lowest BCUT2D eigenvalue weighted by Crippen LogP contribution is -2.14.